The Morgan fingerprint density at radius 3 is 1.80 bits per heavy atom. The van der Waals surface area contributed by atoms with Crippen molar-refractivity contribution >= 4 is 23.4 Å². The lowest BCUT2D eigenvalue weighted by molar-refractivity contribution is 0.253. The van der Waals surface area contributed by atoms with Gasteiger partial charge in [-0.2, -0.15) is 0 Å². The van der Waals surface area contributed by atoms with Crippen LogP contribution < -0.4 is 33.2 Å². The molecule has 0 aliphatic rings. The molecule has 0 aromatic heterocycles. The van der Waals surface area contributed by atoms with E-state index in [1.54, 1.807) is 0 Å². The average molecular weight is 282 g/mol. The average Bonchev–Trinajstić information content (AvgIpc) is 2.38. The number of nitrogens with zero attached hydrogens (tertiary/aromatic N) is 2. The molecule has 0 aliphatic heterocycles. The summed E-state index contributed by atoms with van der Waals surface area (Å²) < 4.78 is 0. The minimum atomic E-state index is -0.970. The summed E-state index contributed by atoms with van der Waals surface area (Å²) in [5.74, 6) is 10.5. The van der Waals surface area contributed by atoms with Crippen LogP contribution in [0.5, 0.6) is 5.75 Å². The maximum Gasteiger partial charge on any atom is 0.333 e. The number of rotatable bonds is 4. The van der Waals surface area contributed by atoms with Gasteiger partial charge in [0.2, 0.25) is 0 Å². The third kappa shape index (κ3) is 3.08. The third-order valence-electron chi connectivity index (χ3n) is 2.66. The highest BCUT2D eigenvalue weighted by atomic mass is 16.3. The lowest BCUT2D eigenvalue weighted by atomic mass is 10.1. The van der Waals surface area contributed by atoms with E-state index >= 15 is 0 Å². The van der Waals surface area contributed by atoms with E-state index in [0.717, 1.165) is 6.42 Å². The molecule has 0 spiro atoms. The van der Waals surface area contributed by atoms with Gasteiger partial charge in [-0.3, -0.25) is 0 Å². The molecule has 9 N–H and O–H groups in total. The molecule has 0 fully saturated rings. The molecule has 0 radical (unpaired) electrons. The van der Waals surface area contributed by atoms with E-state index in [2.05, 4.69) is 0 Å². The Balaban J connectivity index is 3.43. The van der Waals surface area contributed by atoms with Crippen molar-refractivity contribution < 1.29 is 14.7 Å². The van der Waals surface area contributed by atoms with E-state index in [4.69, 9.17) is 23.2 Å². The molecule has 9 heteroatoms. The highest BCUT2D eigenvalue weighted by molar-refractivity contribution is 5.97. The summed E-state index contributed by atoms with van der Waals surface area (Å²) in [6, 6.07) is 1.04. The number of hydrogen-bond acceptors (Lipinski definition) is 5. The smallest absolute Gasteiger partial charge is 0.333 e. The molecule has 20 heavy (non-hydrogen) atoms. The minimum Gasteiger partial charge on any atom is -0.504 e. The number of benzene rings is 1. The van der Waals surface area contributed by atoms with Crippen LogP contribution in [0.1, 0.15) is 18.9 Å². The lowest BCUT2D eigenvalue weighted by Gasteiger charge is -2.22. The summed E-state index contributed by atoms with van der Waals surface area (Å²) >= 11 is 0. The molecule has 0 aliphatic carbocycles. The van der Waals surface area contributed by atoms with Crippen molar-refractivity contribution in [1.29, 1.82) is 0 Å². The van der Waals surface area contributed by atoms with Gasteiger partial charge in [0.15, 0.2) is 5.75 Å². The molecule has 0 saturated carbocycles. The molecule has 0 saturated heterocycles. The summed E-state index contributed by atoms with van der Waals surface area (Å²) in [7, 11) is 0. The molecular weight excluding hydrogens is 264 g/mol. The molecule has 110 valence electrons. The SMILES string of the molecule is CCCc1cc(N(N)C(N)=O)c(O)c(N(N)C(N)=O)c1. The molecule has 1 rings (SSSR count). The lowest BCUT2D eigenvalue weighted by Crippen LogP contribution is -2.43. The number of anilines is 2. The van der Waals surface area contributed by atoms with Crippen molar-refractivity contribution in [2.75, 3.05) is 10.0 Å². The fourth-order valence-corrected chi connectivity index (χ4v) is 1.70. The Morgan fingerprint density at radius 2 is 1.50 bits per heavy atom. The van der Waals surface area contributed by atoms with Crippen molar-refractivity contribution in [2.24, 2.45) is 23.2 Å². The van der Waals surface area contributed by atoms with Gasteiger partial charge in [-0.1, -0.05) is 13.3 Å². The van der Waals surface area contributed by atoms with E-state index in [1.807, 2.05) is 6.92 Å². The number of phenols is 1. The number of carbonyl (C=O) groups is 2. The van der Waals surface area contributed by atoms with Gasteiger partial charge >= 0.3 is 12.1 Å². The van der Waals surface area contributed by atoms with Crippen LogP contribution in [-0.2, 0) is 6.42 Å². The zero-order valence-electron chi connectivity index (χ0n) is 11.0. The Morgan fingerprint density at radius 1 is 1.10 bits per heavy atom. The molecule has 9 nitrogen and oxygen atoms in total. The number of primary amides is 2. The number of phenolic OH excluding ortho intramolecular Hbond substituents is 1. The number of amides is 4. The first-order valence-electron chi connectivity index (χ1n) is 5.84. The number of urea groups is 2. The van der Waals surface area contributed by atoms with Crippen molar-refractivity contribution in [1.82, 2.24) is 0 Å². The van der Waals surface area contributed by atoms with Gasteiger partial charge in [0.05, 0.1) is 0 Å². The van der Waals surface area contributed by atoms with Crippen LogP contribution in [0.4, 0.5) is 21.0 Å². The van der Waals surface area contributed by atoms with E-state index in [0.29, 0.717) is 22.0 Å². The number of aromatic hydroxyl groups is 1. The third-order valence-corrected chi connectivity index (χ3v) is 2.66. The van der Waals surface area contributed by atoms with Gasteiger partial charge in [0.1, 0.15) is 11.4 Å². The summed E-state index contributed by atoms with van der Waals surface area (Å²) in [6.07, 6.45) is 1.42. The highest BCUT2D eigenvalue weighted by Gasteiger charge is 2.21. The van der Waals surface area contributed by atoms with Crippen molar-refractivity contribution in [3.8, 4) is 5.75 Å². The summed E-state index contributed by atoms with van der Waals surface area (Å²) in [5, 5.41) is 11.2. The number of carbonyl (C=O) groups excluding carboxylic acids is 2. The molecule has 0 unspecified atom stereocenters. The second-order valence-electron chi connectivity index (χ2n) is 4.15. The van der Waals surface area contributed by atoms with E-state index in [-0.39, 0.29) is 11.4 Å². The van der Waals surface area contributed by atoms with Crippen LogP contribution in [0.15, 0.2) is 12.1 Å². The first-order valence-corrected chi connectivity index (χ1v) is 5.84. The highest BCUT2D eigenvalue weighted by Crippen LogP contribution is 2.37. The summed E-state index contributed by atoms with van der Waals surface area (Å²) in [6.45, 7) is 1.94. The fourth-order valence-electron chi connectivity index (χ4n) is 1.70. The van der Waals surface area contributed by atoms with Crippen LogP contribution in [0, 0.1) is 0 Å². The van der Waals surface area contributed by atoms with Gasteiger partial charge in [-0.15, -0.1) is 0 Å². The minimum absolute atomic E-state index is 0.0600. The first kappa shape index (κ1) is 15.5. The predicted molar refractivity (Wildman–Crippen MR) is 74.6 cm³/mol. The summed E-state index contributed by atoms with van der Waals surface area (Å²) in [5.41, 5.74) is 10.7. The largest absolute Gasteiger partial charge is 0.504 e. The monoisotopic (exact) mass is 282 g/mol. The van der Waals surface area contributed by atoms with Crippen LogP contribution in [-0.4, -0.2) is 17.2 Å². The zero-order valence-corrected chi connectivity index (χ0v) is 11.0. The Kier molecular flexibility index (Phi) is 4.73. The van der Waals surface area contributed by atoms with E-state index in [9.17, 15) is 14.7 Å². The second-order valence-corrected chi connectivity index (χ2v) is 4.15. The first-order chi connectivity index (χ1) is 9.29. The molecule has 1 aromatic carbocycles. The quantitative estimate of drug-likeness (QED) is 0.294. The standard InChI is InChI=1S/C11H18N6O3/c1-2-3-6-4-7(16(14)10(12)19)9(18)8(5-6)17(15)11(13)20/h4-5,18H,2-3,14-15H2,1H3,(H2,12,19)(H2,13,20). The Hall–Kier alpha value is -2.52. The Bertz CT molecular complexity index is 492. The van der Waals surface area contributed by atoms with Gasteiger partial charge in [0.25, 0.3) is 0 Å². The van der Waals surface area contributed by atoms with E-state index in [1.165, 1.54) is 12.1 Å². The Labute approximate surface area is 115 Å². The molecule has 0 heterocycles. The van der Waals surface area contributed by atoms with Gasteiger partial charge in [0, 0.05) is 0 Å². The van der Waals surface area contributed by atoms with E-state index < -0.39 is 17.8 Å². The second kappa shape index (κ2) is 6.08. The van der Waals surface area contributed by atoms with Gasteiger partial charge in [-0.05, 0) is 24.1 Å². The number of hydrazine groups is 2. The summed E-state index contributed by atoms with van der Waals surface area (Å²) in [4.78, 5) is 22.2. The van der Waals surface area contributed by atoms with Gasteiger partial charge < -0.3 is 16.6 Å². The molecule has 0 atom stereocenters. The normalized spacial score (nSPS) is 10.2. The van der Waals surface area contributed by atoms with Crippen LogP contribution in [0.25, 0.3) is 0 Å². The van der Waals surface area contributed by atoms with Crippen molar-refractivity contribution in [3.63, 3.8) is 0 Å². The molecule has 4 amide bonds. The zero-order chi connectivity index (χ0) is 15.4. The topological polar surface area (TPSA) is 165 Å². The molecular formula is C11H18N6O3. The fraction of sp³-hybridized carbons (Fsp3) is 0.273. The number of hydrogen-bond donors (Lipinski definition) is 5. The predicted octanol–water partition coefficient (Wildman–Crippen LogP) is -0.138. The molecule has 1 aromatic rings. The van der Waals surface area contributed by atoms with Crippen LogP contribution in [0.2, 0.25) is 0 Å². The maximum atomic E-state index is 11.1. The number of aryl methyl sites for hydroxylation is 1. The van der Waals surface area contributed by atoms with Crippen molar-refractivity contribution in [3.05, 3.63) is 17.7 Å². The number of nitrogens with two attached hydrogens (primary N) is 4. The van der Waals surface area contributed by atoms with Crippen LogP contribution in [0.3, 0.4) is 0 Å². The molecule has 0 bridgehead atoms. The maximum absolute atomic E-state index is 11.1. The van der Waals surface area contributed by atoms with Gasteiger partial charge in [-0.25, -0.2) is 31.3 Å². The van der Waals surface area contributed by atoms with Crippen molar-refractivity contribution in [2.45, 2.75) is 19.8 Å². The van der Waals surface area contributed by atoms with Crippen LogP contribution >= 0.6 is 0 Å².